The lowest BCUT2D eigenvalue weighted by Crippen LogP contribution is -2.07. The first kappa shape index (κ1) is 8.28. The third-order valence-corrected chi connectivity index (χ3v) is 1.88. The maximum absolute atomic E-state index is 4.28. The molecule has 1 aromatic rings. The van der Waals surface area contributed by atoms with Crippen molar-refractivity contribution in [3.8, 4) is 0 Å². The van der Waals surface area contributed by atoms with Gasteiger partial charge in [-0.1, -0.05) is 37.3 Å². The van der Waals surface area contributed by atoms with Crippen molar-refractivity contribution >= 4 is 0 Å². The third kappa shape index (κ3) is 2.05. The molecule has 0 bridgehead atoms. The molecule has 0 fully saturated rings. The van der Waals surface area contributed by atoms with Crippen LogP contribution in [0, 0.1) is 0 Å². The smallest absolute Gasteiger partial charge is 0.0489 e. The summed E-state index contributed by atoms with van der Waals surface area (Å²) in [6.45, 7) is 2.16. The van der Waals surface area contributed by atoms with Gasteiger partial charge in [-0.05, 0) is 12.0 Å². The van der Waals surface area contributed by atoms with Crippen molar-refractivity contribution in [2.45, 2.75) is 19.4 Å². The van der Waals surface area contributed by atoms with E-state index in [1.165, 1.54) is 5.56 Å². The van der Waals surface area contributed by atoms with E-state index in [0.717, 1.165) is 6.42 Å². The van der Waals surface area contributed by atoms with Crippen LogP contribution in [0.4, 0.5) is 0 Å². The quantitative estimate of drug-likeness (QED) is 0.625. The Morgan fingerprint density at radius 2 is 1.91 bits per heavy atom. The summed E-state index contributed by atoms with van der Waals surface area (Å²) in [6.07, 6.45) is 1.08. The number of hydrogen-bond donors (Lipinski definition) is 0. The van der Waals surface area contributed by atoms with Crippen LogP contribution in [0.2, 0.25) is 0 Å². The molecule has 1 radical (unpaired) electrons. The van der Waals surface area contributed by atoms with Crippen molar-refractivity contribution in [3.63, 3.8) is 0 Å². The molecule has 0 spiro atoms. The molecule has 1 aromatic carbocycles. The van der Waals surface area contributed by atoms with E-state index in [-0.39, 0.29) is 0 Å². The van der Waals surface area contributed by atoms with Gasteiger partial charge in [0.25, 0.3) is 0 Å². The van der Waals surface area contributed by atoms with E-state index in [1.807, 2.05) is 13.1 Å². The SMILES string of the molecule is CCC([N]C)c1ccccc1. The zero-order valence-electron chi connectivity index (χ0n) is 7.12. The minimum Gasteiger partial charge on any atom is -0.237 e. The average Bonchev–Trinajstić information content (AvgIpc) is 2.09. The van der Waals surface area contributed by atoms with Crippen molar-refractivity contribution < 1.29 is 0 Å². The van der Waals surface area contributed by atoms with Gasteiger partial charge in [-0.3, -0.25) is 0 Å². The van der Waals surface area contributed by atoms with E-state index in [2.05, 4.69) is 36.5 Å². The molecule has 1 unspecified atom stereocenters. The number of benzene rings is 1. The van der Waals surface area contributed by atoms with Crippen LogP contribution in [0.15, 0.2) is 30.3 Å². The van der Waals surface area contributed by atoms with Crippen LogP contribution in [0.25, 0.3) is 0 Å². The topological polar surface area (TPSA) is 14.1 Å². The molecule has 0 aromatic heterocycles. The molecule has 1 nitrogen and oxygen atoms in total. The second kappa shape index (κ2) is 4.14. The van der Waals surface area contributed by atoms with E-state index < -0.39 is 0 Å². The zero-order chi connectivity index (χ0) is 8.10. The summed E-state index contributed by atoms with van der Waals surface area (Å²) in [6, 6.07) is 10.8. The van der Waals surface area contributed by atoms with Crippen molar-refractivity contribution in [1.29, 1.82) is 0 Å². The molecule has 59 valence electrons. The van der Waals surface area contributed by atoms with Gasteiger partial charge in [0.15, 0.2) is 0 Å². The summed E-state index contributed by atoms with van der Waals surface area (Å²) in [5.74, 6) is 0. The van der Waals surface area contributed by atoms with Crippen LogP contribution >= 0.6 is 0 Å². The summed E-state index contributed by atoms with van der Waals surface area (Å²) in [5.41, 5.74) is 1.32. The Bertz CT molecular complexity index is 189. The molecule has 1 heteroatoms. The normalized spacial score (nSPS) is 12.9. The Hall–Kier alpha value is -0.820. The molecular weight excluding hydrogens is 134 g/mol. The molecule has 0 aliphatic carbocycles. The molecule has 0 heterocycles. The van der Waals surface area contributed by atoms with Crippen LogP contribution in [0.5, 0.6) is 0 Å². The predicted molar refractivity (Wildman–Crippen MR) is 47.5 cm³/mol. The summed E-state index contributed by atoms with van der Waals surface area (Å²) >= 11 is 0. The van der Waals surface area contributed by atoms with Gasteiger partial charge in [-0.25, -0.2) is 5.32 Å². The number of nitrogens with zero attached hydrogens (tertiary/aromatic N) is 1. The highest BCUT2D eigenvalue weighted by Gasteiger charge is 2.04. The van der Waals surface area contributed by atoms with Gasteiger partial charge in [0.05, 0.1) is 0 Å². The standard InChI is InChI=1S/C10H14N/c1-3-10(11-2)9-7-5-4-6-8-9/h4-8,10H,3H2,1-2H3. The Labute approximate surface area is 68.4 Å². The molecular formula is C10H14N. The lowest BCUT2D eigenvalue weighted by atomic mass is 10.1. The number of rotatable bonds is 3. The molecule has 11 heavy (non-hydrogen) atoms. The first-order valence-corrected chi connectivity index (χ1v) is 4.02. The summed E-state index contributed by atoms with van der Waals surface area (Å²) in [7, 11) is 1.88. The third-order valence-electron chi connectivity index (χ3n) is 1.88. The van der Waals surface area contributed by atoms with E-state index in [4.69, 9.17) is 0 Å². The first-order valence-electron chi connectivity index (χ1n) is 4.02. The van der Waals surface area contributed by atoms with Gasteiger partial charge in [-0.15, -0.1) is 0 Å². The van der Waals surface area contributed by atoms with Crippen molar-refractivity contribution in [1.82, 2.24) is 5.32 Å². The fraction of sp³-hybridized carbons (Fsp3) is 0.400. The highest BCUT2D eigenvalue weighted by Crippen LogP contribution is 2.15. The van der Waals surface area contributed by atoms with E-state index in [1.54, 1.807) is 0 Å². The van der Waals surface area contributed by atoms with Crippen LogP contribution in [-0.4, -0.2) is 7.05 Å². The summed E-state index contributed by atoms with van der Waals surface area (Å²) in [4.78, 5) is 0. The monoisotopic (exact) mass is 148 g/mol. The van der Waals surface area contributed by atoms with Crippen LogP contribution < -0.4 is 5.32 Å². The lowest BCUT2D eigenvalue weighted by molar-refractivity contribution is 0.566. The highest BCUT2D eigenvalue weighted by atomic mass is 14.9. The summed E-state index contributed by atoms with van der Waals surface area (Å²) < 4.78 is 0. The van der Waals surface area contributed by atoms with Gasteiger partial charge in [0.1, 0.15) is 0 Å². The fourth-order valence-electron chi connectivity index (χ4n) is 1.24. The second-order valence-electron chi connectivity index (χ2n) is 2.59. The van der Waals surface area contributed by atoms with Gasteiger partial charge in [0.2, 0.25) is 0 Å². The zero-order valence-corrected chi connectivity index (χ0v) is 7.12. The lowest BCUT2D eigenvalue weighted by Gasteiger charge is -2.11. The molecule has 0 N–H and O–H groups in total. The second-order valence-corrected chi connectivity index (χ2v) is 2.59. The van der Waals surface area contributed by atoms with Crippen molar-refractivity contribution in [2.75, 3.05) is 7.05 Å². The molecule has 0 saturated carbocycles. The largest absolute Gasteiger partial charge is 0.237 e. The number of hydrogen-bond acceptors (Lipinski definition) is 0. The molecule has 0 aliphatic rings. The van der Waals surface area contributed by atoms with Crippen LogP contribution in [0.3, 0.4) is 0 Å². The summed E-state index contributed by atoms with van der Waals surface area (Å²) in [5, 5.41) is 4.28. The maximum Gasteiger partial charge on any atom is 0.0489 e. The Balaban J connectivity index is 2.74. The van der Waals surface area contributed by atoms with E-state index in [9.17, 15) is 0 Å². The van der Waals surface area contributed by atoms with Crippen molar-refractivity contribution in [2.24, 2.45) is 0 Å². The first-order chi connectivity index (χ1) is 5.38. The van der Waals surface area contributed by atoms with Gasteiger partial charge >= 0.3 is 0 Å². The minimum absolute atomic E-state index is 0.385. The molecule has 0 amide bonds. The molecule has 1 atom stereocenters. The maximum atomic E-state index is 4.28. The molecule has 0 saturated heterocycles. The van der Waals surface area contributed by atoms with Crippen molar-refractivity contribution in [3.05, 3.63) is 35.9 Å². The average molecular weight is 148 g/mol. The van der Waals surface area contributed by atoms with Gasteiger partial charge in [0, 0.05) is 13.1 Å². The molecule has 1 rings (SSSR count). The van der Waals surface area contributed by atoms with Crippen LogP contribution in [0.1, 0.15) is 24.9 Å². The highest BCUT2D eigenvalue weighted by molar-refractivity contribution is 5.18. The van der Waals surface area contributed by atoms with Gasteiger partial charge < -0.3 is 0 Å². The van der Waals surface area contributed by atoms with Gasteiger partial charge in [-0.2, -0.15) is 0 Å². The van der Waals surface area contributed by atoms with E-state index in [0.29, 0.717) is 6.04 Å². The Morgan fingerprint density at radius 3 is 2.36 bits per heavy atom. The minimum atomic E-state index is 0.385. The van der Waals surface area contributed by atoms with Crippen LogP contribution in [-0.2, 0) is 0 Å². The fourth-order valence-corrected chi connectivity index (χ4v) is 1.24. The Morgan fingerprint density at radius 1 is 1.27 bits per heavy atom. The Kier molecular flexibility index (Phi) is 3.12. The predicted octanol–water partition coefficient (Wildman–Crippen LogP) is 2.37. The molecule has 0 aliphatic heterocycles. The van der Waals surface area contributed by atoms with E-state index >= 15 is 0 Å².